The van der Waals surface area contributed by atoms with Crippen molar-refractivity contribution in [3.63, 3.8) is 0 Å². The molecule has 1 amide bonds. The normalized spacial score (nSPS) is 22.8. The van der Waals surface area contributed by atoms with E-state index in [0.29, 0.717) is 18.6 Å². The molecule has 0 aromatic heterocycles. The van der Waals surface area contributed by atoms with Crippen LogP contribution in [-0.4, -0.2) is 46.1 Å². The summed E-state index contributed by atoms with van der Waals surface area (Å²) >= 11 is 0. The lowest BCUT2D eigenvalue weighted by Gasteiger charge is -2.33. The molecular weight excluding hydrogens is 314 g/mol. The summed E-state index contributed by atoms with van der Waals surface area (Å²) in [6.07, 6.45) is 4.84. The van der Waals surface area contributed by atoms with Gasteiger partial charge in [-0.3, -0.25) is 4.99 Å². The standard InChI is InChI=1S/C20H29N3O2/c1-20(2,3)23(19(24)25)13-12-14-8-10-15(11-9-14)18-21-16-6-4-5-7-17(16)22-18/h8-11,16-17H,4-7,12-13H2,1-3H3,(H,21,22)(H,24,25)/t16-,17-/m1/s1. The lowest BCUT2D eigenvalue weighted by Crippen LogP contribution is -2.45. The summed E-state index contributed by atoms with van der Waals surface area (Å²) in [6, 6.07) is 9.33. The van der Waals surface area contributed by atoms with Crippen molar-refractivity contribution in [3.05, 3.63) is 35.4 Å². The molecule has 0 unspecified atom stereocenters. The fourth-order valence-electron chi connectivity index (χ4n) is 3.76. The summed E-state index contributed by atoms with van der Waals surface area (Å²) in [5.41, 5.74) is 1.89. The van der Waals surface area contributed by atoms with E-state index in [0.717, 1.165) is 23.4 Å². The SMILES string of the molecule is CC(C)(C)N(CCc1ccc(C2=N[C@@H]3CCCC[C@H]3N2)cc1)C(=O)O. The van der Waals surface area contributed by atoms with E-state index in [-0.39, 0.29) is 5.54 Å². The number of carboxylic acid groups (broad SMARTS) is 1. The molecule has 2 aliphatic rings. The first kappa shape index (κ1) is 17.8. The van der Waals surface area contributed by atoms with Gasteiger partial charge in [-0.1, -0.05) is 37.1 Å². The highest BCUT2D eigenvalue weighted by Crippen LogP contribution is 2.26. The third kappa shape index (κ3) is 4.14. The van der Waals surface area contributed by atoms with Crippen LogP contribution in [0.25, 0.3) is 0 Å². The number of hydrogen-bond donors (Lipinski definition) is 2. The Balaban J connectivity index is 1.62. The van der Waals surface area contributed by atoms with Crippen LogP contribution in [0.3, 0.4) is 0 Å². The Hall–Kier alpha value is -2.04. The molecule has 1 aromatic carbocycles. The molecule has 1 fully saturated rings. The Morgan fingerprint density at radius 3 is 2.52 bits per heavy atom. The van der Waals surface area contributed by atoms with Gasteiger partial charge in [-0.15, -0.1) is 0 Å². The highest BCUT2D eigenvalue weighted by Gasteiger charge is 2.31. The van der Waals surface area contributed by atoms with E-state index in [1.165, 1.54) is 30.6 Å². The van der Waals surface area contributed by atoms with Crippen molar-refractivity contribution in [2.75, 3.05) is 6.54 Å². The van der Waals surface area contributed by atoms with E-state index in [1.807, 2.05) is 20.8 Å². The summed E-state index contributed by atoms with van der Waals surface area (Å²) in [4.78, 5) is 17.8. The van der Waals surface area contributed by atoms with Crippen LogP contribution in [0, 0.1) is 0 Å². The molecule has 2 atom stereocenters. The third-order valence-electron chi connectivity index (χ3n) is 5.24. The number of hydrogen-bond acceptors (Lipinski definition) is 3. The van der Waals surface area contributed by atoms with Gasteiger partial charge in [0.05, 0.1) is 6.04 Å². The van der Waals surface area contributed by atoms with Crippen molar-refractivity contribution in [3.8, 4) is 0 Å². The molecule has 1 aliphatic carbocycles. The molecule has 1 aliphatic heterocycles. The minimum Gasteiger partial charge on any atom is -0.465 e. The second-order valence-corrected chi connectivity index (χ2v) is 8.13. The van der Waals surface area contributed by atoms with Crippen LogP contribution in [0.15, 0.2) is 29.3 Å². The van der Waals surface area contributed by atoms with E-state index in [4.69, 9.17) is 4.99 Å². The molecule has 0 radical (unpaired) electrons. The van der Waals surface area contributed by atoms with E-state index in [9.17, 15) is 9.90 Å². The highest BCUT2D eigenvalue weighted by molar-refractivity contribution is 6.00. The lowest BCUT2D eigenvalue weighted by molar-refractivity contribution is 0.101. The average molecular weight is 343 g/mol. The first-order valence-electron chi connectivity index (χ1n) is 9.29. The van der Waals surface area contributed by atoms with Gasteiger partial charge in [-0.05, 0) is 45.6 Å². The van der Waals surface area contributed by atoms with Gasteiger partial charge in [-0.25, -0.2) is 4.79 Å². The van der Waals surface area contributed by atoms with Gasteiger partial charge in [0.15, 0.2) is 0 Å². The van der Waals surface area contributed by atoms with Gasteiger partial charge in [0.2, 0.25) is 0 Å². The maximum absolute atomic E-state index is 11.4. The Kier molecular flexibility index (Phi) is 5.02. The number of aliphatic imine (C=N–C) groups is 1. The van der Waals surface area contributed by atoms with E-state index < -0.39 is 6.09 Å². The van der Waals surface area contributed by atoms with Crippen LogP contribution < -0.4 is 5.32 Å². The van der Waals surface area contributed by atoms with Crippen molar-refractivity contribution in [1.82, 2.24) is 10.2 Å². The van der Waals surface area contributed by atoms with Gasteiger partial charge >= 0.3 is 6.09 Å². The zero-order valence-corrected chi connectivity index (χ0v) is 15.5. The van der Waals surface area contributed by atoms with Crippen molar-refractivity contribution in [1.29, 1.82) is 0 Å². The van der Waals surface area contributed by atoms with Crippen molar-refractivity contribution >= 4 is 11.9 Å². The molecule has 1 saturated carbocycles. The zero-order chi connectivity index (χ0) is 18.0. The lowest BCUT2D eigenvalue weighted by atomic mass is 9.92. The quantitative estimate of drug-likeness (QED) is 0.877. The molecular formula is C20H29N3O2. The molecule has 0 bridgehead atoms. The van der Waals surface area contributed by atoms with Gasteiger partial charge in [0.25, 0.3) is 0 Å². The molecule has 3 rings (SSSR count). The zero-order valence-electron chi connectivity index (χ0n) is 15.5. The van der Waals surface area contributed by atoms with Crippen LogP contribution in [0.5, 0.6) is 0 Å². The summed E-state index contributed by atoms with van der Waals surface area (Å²) in [6.45, 7) is 6.27. The molecule has 1 heterocycles. The first-order valence-corrected chi connectivity index (χ1v) is 9.29. The fraction of sp³-hybridized carbons (Fsp3) is 0.600. The number of rotatable bonds is 4. The molecule has 136 valence electrons. The van der Waals surface area contributed by atoms with E-state index in [2.05, 4.69) is 29.6 Å². The Labute approximate surface area is 150 Å². The van der Waals surface area contributed by atoms with Crippen LogP contribution in [0.2, 0.25) is 0 Å². The molecule has 0 saturated heterocycles. The molecule has 0 spiro atoms. The van der Waals surface area contributed by atoms with E-state index in [1.54, 1.807) is 0 Å². The number of nitrogens with one attached hydrogen (secondary N) is 1. The van der Waals surface area contributed by atoms with Gasteiger partial charge in [0.1, 0.15) is 5.84 Å². The summed E-state index contributed by atoms with van der Waals surface area (Å²) in [7, 11) is 0. The fourth-order valence-corrected chi connectivity index (χ4v) is 3.76. The largest absolute Gasteiger partial charge is 0.465 e. The van der Waals surface area contributed by atoms with Crippen LogP contribution in [0.1, 0.15) is 57.6 Å². The maximum Gasteiger partial charge on any atom is 0.407 e. The predicted octanol–water partition coefficient (Wildman–Crippen LogP) is 3.67. The third-order valence-corrected chi connectivity index (χ3v) is 5.24. The van der Waals surface area contributed by atoms with Crippen molar-refractivity contribution in [2.45, 2.75) is 70.5 Å². The van der Waals surface area contributed by atoms with Crippen molar-refractivity contribution < 1.29 is 9.90 Å². The molecule has 5 nitrogen and oxygen atoms in total. The molecule has 5 heteroatoms. The van der Waals surface area contributed by atoms with Gasteiger partial charge in [-0.2, -0.15) is 0 Å². The van der Waals surface area contributed by atoms with Gasteiger partial charge in [0, 0.05) is 23.7 Å². The molecule has 25 heavy (non-hydrogen) atoms. The number of carbonyl (C=O) groups is 1. The van der Waals surface area contributed by atoms with Crippen LogP contribution in [0.4, 0.5) is 4.79 Å². The van der Waals surface area contributed by atoms with Crippen molar-refractivity contribution in [2.24, 2.45) is 4.99 Å². The van der Waals surface area contributed by atoms with Crippen LogP contribution in [-0.2, 0) is 6.42 Å². The number of benzene rings is 1. The topological polar surface area (TPSA) is 64.9 Å². The molecule has 2 N–H and O–H groups in total. The Morgan fingerprint density at radius 2 is 1.92 bits per heavy atom. The van der Waals surface area contributed by atoms with Gasteiger partial charge < -0.3 is 15.3 Å². The number of amides is 1. The Bertz CT molecular complexity index is 646. The predicted molar refractivity (Wildman–Crippen MR) is 100 cm³/mol. The van der Waals surface area contributed by atoms with E-state index >= 15 is 0 Å². The first-order chi connectivity index (χ1) is 11.8. The monoisotopic (exact) mass is 343 g/mol. The number of nitrogens with zero attached hydrogens (tertiary/aromatic N) is 2. The summed E-state index contributed by atoms with van der Waals surface area (Å²) < 4.78 is 0. The minimum absolute atomic E-state index is 0.384. The average Bonchev–Trinajstić information content (AvgIpc) is 2.98. The van der Waals surface area contributed by atoms with Crippen LogP contribution >= 0.6 is 0 Å². The number of fused-ring (bicyclic) bond motifs is 1. The minimum atomic E-state index is -0.865. The second-order valence-electron chi connectivity index (χ2n) is 8.13. The summed E-state index contributed by atoms with van der Waals surface area (Å²) in [5.74, 6) is 1.02. The Morgan fingerprint density at radius 1 is 1.24 bits per heavy atom. The smallest absolute Gasteiger partial charge is 0.407 e. The highest BCUT2D eigenvalue weighted by atomic mass is 16.4. The molecule has 1 aromatic rings. The number of amidine groups is 1. The maximum atomic E-state index is 11.4. The summed E-state index contributed by atoms with van der Waals surface area (Å²) in [5, 5.41) is 13.0. The second kappa shape index (κ2) is 7.06.